The number of hydrogen-bond donors (Lipinski definition) is 0. The molecule has 2 heteroatoms. The monoisotopic (exact) mass is 177 g/mol. The molecule has 0 unspecified atom stereocenters. The second-order valence-electron chi connectivity index (χ2n) is 2.79. The van der Waals surface area contributed by atoms with Crippen LogP contribution in [0.4, 0.5) is 5.69 Å². The van der Waals surface area contributed by atoms with Crippen LogP contribution in [0.15, 0.2) is 34.2 Å². The van der Waals surface area contributed by atoms with Crippen LogP contribution in [0.5, 0.6) is 0 Å². The summed E-state index contributed by atoms with van der Waals surface area (Å²) in [5, 5.41) is 0. The molecule has 0 saturated carbocycles. The smallest absolute Gasteiger partial charge is 0.0765 e. The Morgan fingerprint density at radius 3 is 3.08 bits per heavy atom. The van der Waals surface area contributed by atoms with Gasteiger partial charge in [-0.15, -0.1) is 11.8 Å². The molecule has 1 aliphatic rings. The predicted octanol–water partition coefficient (Wildman–Crippen LogP) is 3.27. The average Bonchev–Trinajstić information content (AvgIpc) is 2.17. The number of nitrogens with zero attached hydrogens (tertiary/aromatic N) is 1. The van der Waals surface area contributed by atoms with E-state index in [1.807, 2.05) is 17.8 Å². The van der Waals surface area contributed by atoms with E-state index in [0.717, 1.165) is 17.9 Å². The van der Waals surface area contributed by atoms with Gasteiger partial charge >= 0.3 is 0 Å². The third kappa shape index (κ3) is 1.39. The number of hydrogen-bond acceptors (Lipinski definition) is 2. The van der Waals surface area contributed by atoms with Crippen molar-refractivity contribution in [2.24, 2.45) is 4.99 Å². The highest BCUT2D eigenvalue weighted by molar-refractivity contribution is 8.00. The van der Waals surface area contributed by atoms with E-state index in [2.05, 4.69) is 30.1 Å². The molecule has 1 heterocycles. The largest absolute Gasteiger partial charge is 0.256 e. The van der Waals surface area contributed by atoms with Gasteiger partial charge in [-0.3, -0.25) is 4.99 Å². The van der Waals surface area contributed by atoms with Crippen molar-refractivity contribution in [1.82, 2.24) is 0 Å². The molecule has 0 N–H and O–H groups in total. The molecule has 0 saturated heterocycles. The maximum atomic E-state index is 4.56. The summed E-state index contributed by atoms with van der Waals surface area (Å²) in [5.74, 6) is 1.06. The molecular formula is C10H11NS. The lowest BCUT2D eigenvalue weighted by atomic mass is 10.3. The topological polar surface area (TPSA) is 12.4 Å². The van der Waals surface area contributed by atoms with Gasteiger partial charge in [0.1, 0.15) is 0 Å². The number of para-hydroxylation sites is 1. The van der Waals surface area contributed by atoms with Crippen LogP contribution in [-0.2, 0) is 0 Å². The Hall–Kier alpha value is -0.760. The van der Waals surface area contributed by atoms with Crippen molar-refractivity contribution < 1.29 is 0 Å². The van der Waals surface area contributed by atoms with Crippen LogP contribution in [-0.4, -0.2) is 11.5 Å². The molecule has 0 bridgehead atoms. The summed E-state index contributed by atoms with van der Waals surface area (Å²) in [6, 6.07) is 8.33. The van der Waals surface area contributed by atoms with Gasteiger partial charge < -0.3 is 0 Å². The highest BCUT2D eigenvalue weighted by Crippen LogP contribution is 2.33. The average molecular weight is 177 g/mol. The first-order chi connectivity index (χ1) is 5.90. The van der Waals surface area contributed by atoms with E-state index in [1.165, 1.54) is 10.6 Å². The lowest BCUT2D eigenvalue weighted by Gasteiger charge is -2.12. The van der Waals surface area contributed by atoms with E-state index >= 15 is 0 Å². The van der Waals surface area contributed by atoms with Crippen LogP contribution in [0.1, 0.15) is 13.3 Å². The molecule has 0 fully saturated rings. The third-order valence-corrected chi connectivity index (χ3v) is 3.08. The highest BCUT2D eigenvalue weighted by Gasteiger charge is 2.09. The summed E-state index contributed by atoms with van der Waals surface area (Å²) in [5.41, 5.74) is 2.45. The Kier molecular flexibility index (Phi) is 2.17. The Bertz CT molecular complexity index is 317. The van der Waals surface area contributed by atoms with E-state index in [-0.39, 0.29) is 0 Å². The molecule has 1 aliphatic heterocycles. The fraction of sp³-hybridized carbons (Fsp3) is 0.300. The quantitative estimate of drug-likeness (QED) is 0.641. The molecule has 12 heavy (non-hydrogen) atoms. The lowest BCUT2D eigenvalue weighted by molar-refractivity contribution is 1.23. The van der Waals surface area contributed by atoms with E-state index in [0.29, 0.717) is 0 Å². The van der Waals surface area contributed by atoms with Gasteiger partial charge in [-0.25, -0.2) is 0 Å². The van der Waals surface area contributed by atoms with Gasteiger partial charge in [0.15, 0.2) is 0 Å². The van der Waals surface area contributed by atoms with Crippen molar-refractivity contribution in [2.45, 2.75) is 18.2 Å². The van der Waals surface area contributed by atoms with Crippen LogP contribution in [0.3, 0.4) is 0 Å². The first-order valence-electron chi connectivity index (χ1n) is 4.18. The van der Waals surface area contributed by atoms with Gasteiger partial charge in [0, 0.05) is 16.4 Å². The number of fused-ring (bicyclic) bond motifs is 1. The molecular weight excluding hydrogens is 166 g/mol. The summed E-state index contributed by atoms with van der Waals surface area (Å²) < 4.78 is 0. The molecule has 0 atom stereocenters. The van der Waals surface area contributed by atoms with Gasteiger partial charge in [-0.05, 0) is 18.6 Å². The molecule has 1 nitrogen and oxygen atoms in total. The Labute approximate surface area is 76.9 Å². The Morgan fingerprint density at radius 2 is 2.25 bits per heavy atom. The summed E-state index contributed by atoms with van der Waals surface area (Å²) in [4.78, 5) is 5.87. The van der Waals surface area contributed by atoms with Gasteiger partial charge in [0.05, 0.1) is 5.69 Å². The maximum absolute atomic E-state index is 4.56. The highest BCUT2D eigenvalue weighted by atomic mass is 32.2. The SMILES string of the molecule is CCC1=Nc2ccccc2SC1. The first kappa shape index (κ1) is 7.87. The van der Waals surface area contributed by atoms with Crippen LogP contribution in [0.25, 0.3) is 0 Å². The second-order valence-corrected chi connectivity index (χ2v) is 3.81. The van der Waals surface area contributed by atoms with E-state index in [1.54, 1.807) is 0 Å². The number of thioether (sulfide) groups is 1. The number of aliphatic imine (C=N–C) groups is 1. The van der Waals surface area contributed by atoms with E-state index in [9.17, 15) is 0 Å². The molecule has 1 aromatic rings. The van der Waals surface area contributed by atoms with Crippen LogP contribution in [0.2, 0.25) is 0 Å². The van der Waals surface area contributed by atoms with Gasteiger partial charge in [0.2, 0.25) is 0 Å². The molecule has 0 spiro atoms. The summed E-state index contributed by atoms with van der Waals surface area (Å²) in [6.07, 6.45) is 1.07. The molecule has 0 aliphatic carbocycles. The van der Waals surface area contributed by atoms with Crippen molar-refractivity contribution in [3.63, 3.8) is 0 Å². The minimum Gasteiger partial charge on any atom is -0.256 e. The fourth-order valence-electron chi connectivity index (χ4n) is 1.22. The summed E-state index contributed by atoms with van der Waals surface area (Å²) >= 11 is 1.89. The minimum absolute atomic E-state index is 1.06. The van der Waals surface area contributed by atoms with Crippen molar-refractivity contribution >= 4 is 23.2 Å². The summed E-state index contributed by atoms with van der Waals surface area (Å²) in [7, 11) is 0. The van der Waals surface area contributed by atoms with Crippen molar-refractivity contribution in [2.75, 3.05) is 5.75 Å². The number of benzene rings is 1. The molecule has 62 valence electrons. The van der Waals surface area contributed by atoms with Crippen molar-refractivity contribution in [3.8, 4) is 0 Å². The molecule has 0 amide bonds. The molecule has 0 radical (unpaired) electrons. The first-order valence-corrected chi connectivity index (χ1v) is 5.17. The Balaban J connectivity index is 2.41. The van der Waals surface area contributed by atoms with Gasteiger partial charge in [0.25, 0.3) is 0 Å². The zero-order chi connectivity index (χ0) is 8.39. The normalized spacial score (nSPS) is 15.2. The van der Waals surface area contributed by atoms with Gasteiger partial charge in [-0.1, -0.05) is 19.1 Å². The summed E-state index contributed by atoms with van der Waals surface area (Å²) in [6.45, 7) is 2.16. The number of rotatable bonds is 1. The fourth-order valence-corrected chi connectivity index (χ4v) is 2.24. The molecule has 0 aromatic heterocycles. The second kappa shape index (κ2) is 3.31. The molecule has 2 rings (SSSR count). The van der Waals surface area contributed by atoms with E-state index < -0.39 is 0 Å². The van der Waals surface area contributed by atoms with E-state index in [4.69, 9.17) is 0 Å². The minimum atomic E-state index is 1.06. The zero-order valence-corrected chi connectivity index (χ0v) is 7.90. The lowest BCUT2D eigenvalue weighted by Crippen LogP contribution is -2.02. The van der Waals surface area contributed by atoms with Crippen LogP contribution < -0.4 is 0 Å². The third-order valence-electron chi connectivity index (χ3n) is 1.95. The van der Waals surface area contributed by atoms with Crippen LogP contribution in [0, 0.1) is 0 Å². The van der Waals surface area contributed by atoms with Crippen molar-refractivity contribution in [3.05, 3.63) is 24.3 Å². The predicted molar refractivity (Wildman–Crippen MR) is 54.6 cm³/mol. The maximum Gasteiger partial charge on any atom is 0.0765 e. The van der Waals surface area contributed by atoms with Gasteiger partial charge in [-0.2, -0.15) is 0 Å². The Morgan fingerprint density at radius 1 is 1.42 bits per heavy atom. The van der Waals surface area contributed by atoms with Crippen molar-refractivity contribution in [1.29, 1.82) is 0 Å². The molecule has 1 aromatic carbocycles. The van der Waals surface area contributed by atoms with Crippen LogP contribution >= 0.6 is 11.8 Å². The standard InChI is InChI=1S/C10H11NS/c1-2-8-7-12-10-6-4-3-5-9(10)11-8/h3-6H,2,7H2,1H3. The zero-order valence-electron chi connectivity index (χ0n) is 7.08.